The summed E-state index contributed by atoms with van der Waals surface area (Å²) in [5, 5.41) is 11.1. The van der Waals surface area contributed by atoms with E-state index in [0.29, 0.717) is 6.42 Å². The fourth-order valence-electron chi connectivity index (χ4n) is 1.99. The quantitative estimate of drug-likeness (QED) is 0.901. The van der Waals surface area contributed by atoms with E-state index in [0.717, 1.165) is 16.9 Å². The molecule has 2 aromatic rings. The molecule has 0 bridgehead atoms. The van der Waals surface area contributed by atoms with Gasteiger partial charge in [0.15, 0.2) is 0 Å². The Kier molecular flexibility index (Phi) is 3.50. The van der Waals surface area contributed by atoms with Gasteiger partial charge in [-0.3, -0.25) is 0 Å². The van der Waals surface area contributed by atoms with Gasteiger partial charge in [-0.2, -0.15) is 0 Å². The topological polar surface area (TPSA) is 33.1 Å². The maximum atomic E-state index is 10.0. The lowest BCUT2D eigenvalue weighted by atomic mass is 9.88. The lowest BCUT2D eigenvalue weighted by molar-refractivity contribution is 0.121. The minimum absolute atomic E-state index is 0.163. The lowest BCUT2D eigenvalue weighted by Gasteiger charge is -2.21. The zero-order valence-corrected chi connectivity index (χ0v) is 11.4. The van der Waals surface area contributed by atoms with Gasteiger partial charge in [0.05, 0.1) is 21.3 Å². The van der Waals surface area contributed by atoms with Crippen molar-refractivity contribution < 1.29 is 5.11 Å². The Labute approximate surface area is 106 Å². The molecule has 2 nitrogen and oxygen atoms in total. The van der Waals surface area contributed by atoms with Crippen molar-refractivity contribution in [1.82, 2.24) is 4.98 Å². The maximum Gasteiger partial charge on any atom is 0.0964 e. The largest absolute Gasteiger partial charge is 0.393 e. The number of hydrogen-bond donors (Lipinski definition) is 1. The number of thiazole rings is 1. The molecule has 1 aromatic carbocycles. The lowest BCUT2D eigenvalue weighted by Crippen LogP contribution is -2.19. The molecule has 0 radical (unpaired) electrons. The maximum absolute atomic E-state index is 10.0. The number of aliphatic hydroxyl groups is 1. The highest BCUT2D eigenvalue weighted by Gasteiger charge is 2.18. The van der Waals surface area contributed by atoms with Crippen molar-refractivity contribution in [3.63, 3.8) is 0 Å². The predicted molar refractivity (Wildman–Crippen MR) is 73.4 cm³/mol. The summed E-state index contributed by atoms with van der Waals surface area (Å²) in [4.78, 5) is 4.54. The second kappa shape index (κ2) is 4.75. The van der Waals surface area contributed by atoms with Gasteiger partial charge in [-0.1, -0.05) is 32.9 Å². The summed E-state index contributed by atoms with van der Waals surface area (Å²) in [6, 6.07) is 8.12. The van der Waals surface area contributed by atoms with Crippen molar-refractivity contribution in [3.8, 4) is 0 Å². The van der Waals surface area contributed by atoms with E-state index in [9.17, 15) is 5.11 Å². The highest BCUT2D eigenvalue weighted by molar-refractivity contribution is 7.18. The van der Waals surface area contributed by atoms with Gasteiger partial charge in [-0.25, -0.2) is 4.98 Å². The number of aromatic nitrogens is 1. The molecule has 1 heterocycles. The van der Waals surface area contributed by atoms with Crippen molar-refractivity contribution in [1.29, 1.82) is 0 Å². The third kappa shape index (κ3) is 3.51. The highest BCUT2D eigenvalue weighted by atomic mass is 32.1. The average molecular weight is 249 g/mol. The molecule has 0 saturated heterocycles. The van der Waals surface area contributed by atoms with Crippen molar-refractivity contribution in [3.05, 3.63) is 29.3 Å². The van der Waals surface area contributed by atoms with Crippen LogP contribution in [0.5, 0.6) is 0 Å². The van der Waals surface area contributed by atoms with Gasteiger partial charge in [-0.05, 0) is 24.0 Å². The standard InChI is InChI=1S/C14H19NOS/c1-14(2,3)9-10(16)8-13-15-11-6-4-5-7-12(11)17-13/h4-7,10,16H,8-9H2,1-3H3. The van der Waals surface area contributed by atoms with E-state index in [1.807, 2.05) is 18.2 Å². The molecule has 17 heavy (non-hydrogen) atoms. The number of para-hydroxylation sites is 1. The third-order valence-corrected chi connectivity index (χ3v) is 3.66. The number of rotatable bonds is 3. The summed E-state index contributed by atoms with van der Waals surface area (Å²) in [5.41, 5.74) is 1.20. The van der Waals surface area contributed by atoms with Crippen LogP contribution in [-0.4, -0.2) is 16.2 Å². The summed E-state index contributed by atoms with van der Waals surface area (Å²) in [6.45, 7) is 6.44. The molecule has 0 spiro atoms. The van der Waals surface area contributed by atoms with Crippen LogP contribution >= 0.6 is 11.3 Å². The number of benzene rings is 1. The molecule has 0 amide bonds. The minimum Gasteiger partial charge on any atom is -0.393 e. The third-order valence-electron chi connectivity index (χ3n) is 2.60. The van der Waals surface area contributed by atoms with E-state index >= 15 is 0 Å². The van der Waals surface area contributed by atoms with Crippen LogP contribution in [0.3, 0.4) is 0 Å². The summed E-state index contributed by atoms with van der Waals surface area (Å²) < 4.78 is 1.20. The van der Waals surface area contributed by atoms with Crippen LogP contribution in [0, 0.1) is 5.41 Å². The first kappa shape index (κ1) is 12.5. The molecule has 1 atom stereocenters. The van der Waals surface area contributed by atoms with Crippen LogP contribution in [0.25, 0.3) is 10.2 Å². The second-order valence-corrected chi connectivity index (χ2v) is 6.81. The van der Waals surface area contributed by atoms with Gasteiger partial charge in [0.2, 0.25) is 0 Å². The Hall–Kier alpha value is -0.930. The summed E-state index contributed by atoms with van der Waals surface area (Å²) in [7, 11) is 0. The number of nitrogens with zero attached hydrogens (tertiary/aromatic N) is 1. The number of hydrogen-bond acceptors (Lipinski definition) is 3. The molecule has 0 aliphatic rings. The molecule has 0 aliphatic heterocycles. The van der Waals surface area contributed by atoms with E-state index in [2.05, 4.69) is 31.8 Å². The molecule has 0 saturated carbocycles. The second-order valence-electron chi connectivity index (χ2n) is 5.70. The number of aliphatic hydroxyl groups excluding tert-OH is 1. The summed E-state index contributed by atoms with van der Waals surface area (Å²) in [5.74, 6) is 0. The smallest absolute Gasteiger partial charge is 0.0964 e. The van der Waals surface area contributed by atoms with Gasteiger partial charge >= 0.3 is 0 Å². The normalized spacial score (nSPS) is 14.1. The van der Waals surface area contributed by atoms with Crippen LogP contribution in [0.2, 0.25) is 0 Å². The van der Waals surface area contributed by atoms with Crippen molar-refractivity contribution in [2.24, 2.45) is 5.41 Å². The molecule has 1 aromatic heterocycles. The molecule has 1 N–H and O–H groups in total. The molecule has 92 valence electrons. The first-order chi connectivity index (χ1) is 7.94. The molecular formula is C14H19NOS. The Bertz CT molecular complexity index is 465. The van der Waals surface area contributed by atoms with Crippen LogP contribution in [-0.2, 0) is 6.42 Å². The minimum atomic E-state index is -0.296. The van der Waals surface area contributed by atoms with Crippen molar-refractivity contribution in [2.45, 2.75) is 39.7 Å². The van der Waals surface area contributed by atoms with Gasteiger partial charge in [0, 0.05) is 6.42 Å². The molecule has 1 unspecified atom stereocenters. The Morgan fingerprint density at radius 2 is 2.00 bits per heavy atom. The number of fused-ring (bicyclic) bond motifs is 1. The van der Waals surface area contributed by atoms with E-state index in [1.165, 1.54) is 4.70 Å². The van der Waals surface area contributed by atoms with E-state index < -0.39 is 0 Å². The highest BCUT2D eigenvalue weighted by Crippen LogP contribution is 2.26. The predicted octanol–water partition coefficient (Wildman–Crippen LogP) is 3.64. The van der Waals surface area contributed by atoms with E-state index in [1.54, 1.807) is 11.3 Å². The SMILES string of the molecule is CC(C)(C)CC(O)Cc1nc2ccccc2s1. The van der Waals surface area contributed by atoms with Gasteiger partial charge in [-0.15, -0.1) is 11.3 Å². The van der Waals surface area contributed by atoms with E-state index in [-0.39, 0.29) is 11.5 Å². The van der Waals surface area contributed by atoms with Gasteiger partial charge < -0.3 is 5.11 Å². The zero-order chi connectivity index (χ0) is 12.5. The van der Waals surface area contributed by atoms with Crippen molar-refractivity contribution >= 4 is 21.6 Å². The van der Waals surface area contributed by atoms with Gasteiger partial charge in [0.25, 0.3) is 0 Å². The Morgan fingerprint density at radius 3 is 2.65 bits per heavy atom. The Balaban J connectivity index is 2.08. The average Bonchev–Trinajstić information content (AvgIpc) is 2.55. The van der Waals surface area contributed by atoms with Crippen LogP contribution in [0.15, 0.2) is 24.3 Å². The fraction of sp³-hybridized carbons (Fsp3) is 0.500. The Morgan fingerprint density at radius 1 is 1.29 bits per heavy atom. The molecule has 2 rings (SSSR count). The first-order valence-electron chi connectivity index (χ1n) is 5.96. The van der Waals surface area contributed by atoms with Crippen LogP contribution in [0.1, 0.15) is 32.2 Å². The van der Waals surface area contributed by atoms with Crippen LogP contribution in [0.4, 0.5) is 0 Å². The van der Waals surface area contributed by atoms with E-state index in [4.69, 9.17) is 0 Å². The summed E-state index contributed by atoms with van der Waals surface area (Å²) in [6.07, 6.45) is 1.18. The molecule has 3 heteroatoms. The first-order valence-corrected chi connectivity index (χ1v) is 6.78. The fourth-order valence-corrected chi connectivity index (χ4v) is 3.03. The molecule has 0 fully saturated rings. The van der Waals surface area contributed by atoms with Crippen molar-refractivity contribution in [2.75, 3.05) is 0 Å². The van der Waals surface area contributed by atoms with Crippen LogP contribution < -0.4 is 0 Å². The molecule has 0 aliphatic carbocycles. The molecular weight excluding hydrogens is 230 g/mol. The summed E-state index contributed by atoms with van der Waals surface area (Å²) >= 11 is 1.68. The van der Waals surface area contributed by atoms with Gasteiger partial charge in [0.1, 0.15) is 0 Å². The monoisotopic (exact) mass is 249 g/mol. The zero-order valence-electron chi connectivity index (χ0n) is 10.6.